The van der Waals surface area contributed by atoms with Gasteiger partial charge in [-0.15, -0.1) is 0 Å². The number of nitrogens with zero attached hydrogens (tertiary/aromatic N) is 1. The third-order valence-corrected chi connectivity index (χ3v) is 3.23. The van der Waals surface area contributed by atoms with E-state index in [1.165, 1.54) is 17.0 Å². The van der Waals surface area contributed by atoms with Crippen molar-refractivity contribution in [2.24, 2.45) is 5.92 Å². The van der Waals surface area contributed by atoms with Crippen molar-refractivity contribution < 1.29 is 23.1 Å². The second-order valence-corrected chi connectivity index (χ2v) is 4.63. The molecular weight excluding hydrogens is 259 g/mol. The van der Waals surface area contributed by atoms with Gasteiger partial charge in [-0.3, -0.25) is 4.79 Å². The summed E-state index contributed by atoms with van der Waals surface area (Å²) in [5.74, 6) is -0.190. The third-order valence-electron chi connectivity index (χ3n) is 3.23. The Bertz CT molecular complexity index is 473. The van der Waals surface area contributed by atoms with Crippen molar-refractivity contribution in [1.29, 1.82) is 0 Å². The lowest BCUT2D eigenvalue weighted by Gasteiger charge is -2.18. The summed E-state index contributed by atoms with van der Waals surface area (Å²) < 4.78 is 37.8. The highest BCUT2D eigenvalue weighted by molar-refractivity contribution is 5.95. The summed E-state index contributed by atoms with van der Waals surface area (Å²) in [5, 5.41) is 8.84. The van der Waals surface area contributed by atoms with Gasteiger partial charge in [0.1, 0.15) is 0 Å². The molecular formula is C13H14F3NO2. The van der Waals surface area contributed by atoms with E-state index in [-0.39, 0.29) is 30.5 Å². The second-order valence-electron chi connectivity index (χ2n) is 4.63. The third kappa shape index (κ3) is 3.07. The standard InChI is InChI=1S/C13H14F3NO2/c14-13(15,16)10-2-1-3-11(7-10)17-8-9(4-5-18)6-12(17)19/h1-3,7,9,18H,4-6,8H2. The molecule has 1 N–H and O–H groups in total. The van der Waals surface area contributed by atoms with Crippen LogP contribution in [0, 0.1) is 5.92 Å². The highest BCUT2D eigenvalue weighted by Crippen LogP contribution is 2.33. The number of alkyl halides is 3. The van der Waals surface area contributed by atoms with Crippen LogP contribution < -0.4 is 4.90 Å². The van der Waals surface area contributed by atoms with Gasteiger partial charge in [0.25, 0.3) is 0 Å². The number of halogens is 3. The fourth-order valence-electron chi connectivity index (χ4n) is 2.26. The van der Waals surface area contributed by atoms with Crippen molar-refractivity contribution in [1.82, 2.24) is 0 Å². The molecule has 1 aromatic carbocycles. The van der Waals surface area contributed by atoms with Gasteiger partial charge in [0.2, 0.25) is 5.91 Å². The number of carbonyl (C=O) groups is 1. The van der Waals surface area contributed by atoms with E-state index in [0.29, 0.717) is 13.0 Å². The quantitative estimate of drug-likeness (QED) is 0.919. The van der Waals surface area contributed by atoms with Crippen molar-refractivity contribution in [3.05, 3.63) is 29.8 Å². The van der Waals surface area contributed by atoms with Crippen LogP contribution >= 0.6 is 0 Å². The number of amides is 1. The Balaban J connectivity index is 2.21. The summed E-state index contributed by atoms with van der Waals surface area (Å²) in [6.45, 7) is 0.342. The molecule has 1 saturated heterocycles. The van der Waals surface area contributed by atoms with Gasteiger partial charge in [0.15, 0.2) is 0 Å². The Morgan fingerprint density at radius 1 is 1.37 bits per heavy atom. The minimum absolute atomic E-state index is 0.00652. The first kappa shape index (κ1) is 13.9. The highest BCUT2D eigenvalue weighted by Gasteiger charge is 2.33. The van der Waals surface area contributed by atoms with Gasteiger partial charge >= 0.3 is 6.18 Å². The zero-order valence-corrected chi connectivity index (χ0v) is 10.2. The molecule has 104 valence electrons. The van der Waals surface area contributed by atoms with Crippen LogP contribution in [0.5, 0.6) is 0 Å². The van der Waals surface area contributed by atoms with Crippen molar-refractivity contribution in [3.8, 4) is 0 Å². The van der Waals surface area contributed by atoms with Crippen LogP contribution in [0.25, 0.3) is 0 Å². The average molecular weight is 273 g/mol. The molecule has 0 aliphatic carbocycles. The summed E-state index contributed by atoms with van der Waals surface area (Å²) in [4.78, 5) is 13.1. The van der Waals surface area contributed by atoms with Crippen LogP contribution in [-0.2, 0) is 11.0 Å². The molecule has 0 aromatic heterocycles. The van der Waals surface area contributed by atoms with Gasteiger partial charge < -0.3 is 10.0 Å². The smallest absolute Gasteiger partial charge is 0.396 e. The summed E-state index contributed by atoms with van der Waals surface area (Å²) in [7, 11) is 0. The van der Waals surface area contributed by atoms with Crippen molar-refractivity contribution in [2.75, 3.05) is 18.1 Å². The van der Waals surface area contributed by atoms with Crippen molar-refractivity contribution in [2.45, 2.75) is 19.0 Å². The second kappa shape index (κ2) is 5.21. The van der Waals surface area contributed by atoms with Gasteiger partial charge in [-0.05, 0) is 30.5 Å². The number of anilines is 1. The Hall–Kier alpha value is -1.56. The van der Waals surface area contributed by atoms with Gasteiger partial charge in [0.05, 0.1) is 5.56 Å². The molecule has 0 spiro atoms. The van der Waals surface area contributed by atoms with Crippen LogP contribution in [-0.4, -0.2) is 24.2 Å². The van der Waals surface area contributed by atoms with E-state index in [0.717, 1.165) is 12.1 Å². The number of aliphatic hydroxyl groups is 1. The maximum absolute atomic E-state index is 12.6. The van der Waals surface area contributed by atoms with Crippen molar-refractivity contribution >= 4 is 11.6 Å². The van der Waals surface area contributed by atoms with E-state index < -0.39 is 11.7 Å². The van der Waals surface area contributed by atoms with Gasteiger partial charge in [-0.25, -0.2) is 0 Å². The van der Waals surface area contributed by atoms with E-state index in [9.17, 15) is 18.0 Å². The predicted molar refractivity (Wildman–Crippen MR) is 63.6 cm³/mol. The fourth-order valence-corrected chi connectivity index (χ4v) is 2.26. The fraction of sp³-hybridized carbons (Fsp3) is 0.462. The van der Waals surface area contributed by atoms with E-state index in [1.54, 1.807) is 0 Å². The van der Waals surface area contributed by atoms with E-state index in [1.807, 2.05) is 0 Å². The van der Waals surface area contributed by atoms with Gasteiger partial charge in [-0.2, -0.15) is 13.2 Å². The molecule has 1 heterocycles. The molecule has 1 aliphatic heterocycles. The summed E-state index contributed by atoms with van der Waals surface area (Å²) >= 11 is 0. The minimum atomic E-state index is -4.41. The molecule has 1 fully saturated rings. The lowest BCUT2D eigenvalue weighted by molar-refractivity contribution is -0.137. The molecule has 1 amide bonds. The predicted octanol–water partition coefficient (Wildman–Crippen LogP) is 2.44. The maximum atomic E-state index is 12.6. The van der Waals surface area contributed by atoms with Gasteiger partial charge in [0, 0.05) is 25.3 Å². The first-order chi connectivity index (χ1) is 8.91. The summed E-state index contributed by atoms with van der Waals surface area (Å²) in [5.41, 5.74) is -0.497. The lowest BCUT2D eigenvalue weighted by Crippen LogP contribution is -2.25. The van der Waals surface area contributed by atoms with E-state index in [4.69, 9.17) is 5.11 Å². The SMILES string of the molecule is O=C1CC(CCO)CN1c1cccc(C(F)(F)F)c1. The Kier molecular flexibility index (Phi) is 3.80. The number of hydrogen-bond acceptors (Lipinski definition) is 2. The van der Waals surface area contributed by atoms with Crippen LogP contribution in [0.15, 0.2) is 24.3 Å². The molecule has 1 unspecified atom stereocenters. The summed E-state index contributed by atoms with van der Waals surface area (Å²) in [6, 6.07) is 4.76. The zero-order chi connectivity index (χ0) is 14.0. The first-order valence-corrected chi connectivity index (χ1v) is 6.00. The Labute approximate surface area is 108 Å². The molecule has 2 rings (SSSR count). The molecule has 6 heteroatoms. The monoisotopic (exact) mass is 273 g/mol. The Morgan fingerprint density at radius 3 is 2.74 bits per heavy atom. The van der Waals surface area contributed by atoms with Crippen molar-refractivity contribution in [3.63, 3.8) is 0 Å². The molecule has 1 aliphatic rings. The summed E-state index contributed by atoms with van der Waals surface area (Å²) in [6.07, 6.45) is -3.65. The number of hydrogen-bond donors (Lipinski definition) is 1. The van der Waals surface area contributed by atoms with Crippen LogP contribution in [0.3, 0.4) is 0 Å². The number of aliphatic hydroxyl groups excluding tert-OH is 1. The molecule has 1 atom stereocenters. The Morgan fingerprint density at radius 2 is 2.11 bits per heavy atom. The normalized spacial score (nSPS) is 20.1. The molecule has 0 bridgehead atoms. The first-order valence-electron chi connectivity index (χ1n) is 6.00. The largest absolute Gasteiger partial charge is 0.416 e. The van der Waals surface area contributed by atoms with Crippen LogP contribution in [0.4, 0.5) is 18.9 Å². The lowest BCUT2D eigenvalue weighted by atomic mass is 10.1. The number of rotatable bonds is 3. The molecule has 19 heavy (non-hydrogen) atoms. The van der Waals surface area contributed by atoms with Crippen LogP contribution in [0.1, 0.15) is 18.4 Å². The van der Waals surface area contributed by atoms with Crippen LogP contribution in [0.2, 0.25) is 0 Å². The average Bonchev–Trinajstić information content (AvgIpc) is 2.70. The molecule has 1 aromatic rings. The topological polar surface area (TPSA) is 40.5 Å². The maximum Gasteiger partial charge on any atom is 0.416 e. The minimum Gasteiger partial charge on any atom is -0.396 e. The number of benzene rings is 1. The highest BCUT2D eigenvalue weighted by atomic mass is 19.4. The molecule has 0 saturated carbocycles. The van der Waals surface area contributed by atoms with Gasteiger partial charge in [-0.1, -0.05) is 6.07 Å². The molecule has 3 nitrogen and oxygen atoms in total. The number of carbonyl (C=O) groups excluding carboxylic acids is 1. The zero-order valence-electron chi connectivity index (χ0n) is 10.2. The molecule has 0 radical (unpaired) electrons. The van der Waals surface area contributed by atoms with E-state index >= 15 is 0 Å². The van der Waals surface area contributed by atoms with E-state index in [2.05, 4.69) is 0 Å².